The molecule has 0 saturated heterocycles. The molecule has 0 aromatic heterocycles. The predicted molar refractivity (Wildman–Crippen MR) is 93.7 cm³/mol. The summed E-state index contributed by atoms with van der Waals surface area (Å²) in [5.41, 5.74) is 1.45. The number of hydrogen-bond donors (Lipinski definition) is 0. The molecule has 1 heterocycles. The van der Waals surface area contributed by atoms with Crippen LogP contribution in [0.5, 0.6) is 0 Å². The molecule has 130 valence electrons. The highest BCUT2D eigenvalue weighted by atomic mass is 35.5. The van der Waals surface area contributed by atoms with Gasteiger partial charge in [0, 0.05) is 21.9 Å². The standard InChI is InChI=1S/C17H11Cl2FO4S/c1-25(22,23)15-3-2-9(6-14(15)20)13-8-24-17(21)16(13)10-4-11(18)7-12(19)5-10/h2-7H,8H2,1H3. The summed E-state index contributed by atoms with van der Waals surface area (Å²) in [5.74, 6) is -1.48. The number of halogens is 3. The first-order chi connectivity index (χ1) is 11.7. The molecule has 2 aromatic carbocycles. The largest absolute Gasteiger partial charge is 0.457 e. The lowest BCUT2D eigenvalue weighted by Gasteiger charge is -2.08. The van der Waals surface area contributed by atoms with Gasteiger partial charge in [-0.1, -0.05) is 29.3 Å². The zero-order valence-electron chi connectivity index (χ0n) is 12.8. The molecule has 4 nitrogen and oxygen atoms in total. The van der Waals surface area contributed by atoms with E-state index in [1.54, 1.807) is 12.1 Å². The average molecular weight is 401 g/mol. The molecule has 3 rings (SSSR count). The normalized spacial score (nSPS) is 14.8. The van der Waals surface area contributed by atoms with Crippen LogP contribution in [0.4, 0.5) is 4.39 Å². The van der Waals surface area contributed by atoms with Crippen molar-refractivity contribution < 1.29 is 22.3 Å². The number of benzene rings is 2. The maximum Gasteiger partial charge on any atom is 0.339 e. The van der Waals surface area contributed by atoms with Crippen LogP contribution in [0, 0.1) is 5.82 Å². The third-order valence-corrected chi connectivity index (χ3v) is 5.25. The molecule has 0 amide bonds. The molecular weight excluding hydrogens is 390 g/mol. The van der Waals surface area contributed by atoms with E-state index in [2.05, 4.69) is 0 Å². The van der Waals surface area contributed by atoms with Gasteiger partial charge in [0.15, 0.2) is 9.84 Å². The van der Waals surface area contributed by atoms with Crippen molar-refractivity contribution in [2.24, 2.45) is 0 Å². The monoisotopic (exact) mass is 400 g/mol. The van der Waals surface area contributed by atoms with Crippen LogP contribution < -0.4 is 0 Å². The van der Waals surface area contributed by atoms with Crippen LogP contribution in [0.2, 0.25) is 10.0 Å². The molecule has 0 fully saturated rings. The van der Waals surface area contributed by atoms with Gasteiger partial charge in [-0.05, 0) is 41.5 Å². The molecular formula is C17H11Cl2FO4S. The van der Waals surface area contributed by atoms with E-state index in [9.17, 15) is 17.6 Å². The zero-order chi connectivity index (χ0) is 18.4. The third-order valence-electron chi connectivity index (χ3n) is 3.68. The van der Waals surface area contributed by atoms with Crippen molar-refractivity contribution in [3.63, 3.8) is 0 Å². The Kier molecular flexibility index (Phi) is 4.62. The van der Waals surface area contributed by atoms with Crippen LogP contribution in [0.3, 0.4) is 0 Å². The number of carbonyl (C=O) groups is 1. The van der Waals surface area contributed by atoms with Gasteiger partial charge >= 0.3 is 5.97 Å². The third kappa shape index (κ3) is 3.56. The number of ether oxygens (including phenoxy) is 1. The molecule has 0 atom stereocenters. The van der Waals surface area contributed by atoms with Crippen LogP contribution in [-0.2, 0) is 19.4 Å². The number of rotatable bonds is 3. The van der Waals surface area contributed by atoms with Gasteiger partial charge in [0.1, 0.15) is 17.3 Å². The molecule has 25 heavy (non-hydrogen) atoms. The highest BCUT2D eigenvalue weighted by molar-refractivity contribution is 7.90. The van der Waals surface area contributed by atoms with Crippen molar-refractivity contribution in [2.75, 3.05) is 12.9 Å². The average Bonchev–Trinajstić information content (AvgIpc) is 2.86. The highest BCUT2D eigenvalue weighted by Crippen LogP contribution is 2.36. The van der Waals surface area contributed by atoms with E-state index in [-0.39, 0.29) is 12.2 Å². The molecule has 0 spiro atoms. The van der Waals surface area contributed by atoms with E-state index in [0.29, 0.717) is 26.7 Å². The first-order valence-corrected chi connectivity index (χ1v) is 9.68. The van der Waals surface area contributed by atoms with Crippen molar-refractivity contribution in [3.05, 3.63) is 63.4 Å². The Balaban J connectivity index is 2.18. The number of sulfone groups is 1. The topological polar surface area (TPSA) is 60.4 Å². The van der Waals surface area contributed by atoms with Crippen LogP contribution in [0.25, 0.3) is 11.1 Å². The Hall–Kier alpha value is -1.89. The molecule has 0 N–H and O–H groups in total. The summed E-state index contributed by atoms with van der Waals surface area (Å²) in [6.45, 7) is -0.0596. The first-order valence-electron chi connectivity index (χ1n) is 7.03. The van der Waals surface area contributed by atoms with E-state index in [4.69, 9.17) is 27.9 Å². The van der Waals surface area contributed by atoms with Crippen molar-refractivity contribution in [1.82, 2.24) is 0 Å². The predicted octanol–water partition coefficient (Wildman–Crippen LogP) is 4.00. The van der Waals surface area contributed by atoms with Crippen LogP contribution >= 0.6 is 23.2 Å². The maximum absolute atomic E-state index is 14.2. The Morgan fingerprint density at radius 2 is 1.68 bits per heavy atom. The fourth-order valence-corrected chi connectivity index (χ4v) is 3.87. The van der Waals surface area contributed by atoms with Gasteiger partial charge < -0.3 is 4.74 Å². The Bertz CT molecular complexity index is 1010. The van der Waals surface area contributed by atoms with Crippen molar-refractivity contribution in [3.8, 4) is 0 Å². The summed E-state index contributed by atoms with van der Waals surface area (Å²) in [7, 11) is -3.69. The molecule has 0 radical (unpaired) electrons. The minimum Gasteiger partial charge on any atom is -0.457 e. The summed E-state index contributed by atoms with van der Waals surface area (Å²) in [4.78, 5) is 11.7. The minimum atomic E-state index is -3.69. The van der Waals surface area contributed by atoms with Crippen LogP contribution in [0.1, 0.15) is 11.1 Å². The Morgan fingerprint density at radius 1 is 1.04 bits per heavy atom. The summed E-state index contributed by atoms with van der Waals surface area (Å²) in [6.07, 6.45) is 0.923. The quantitative estimate of drug-likeness (QED) is 0.730. The summed E-state index contributed by atoms with van der Waals surface area (Å²) < 4.78 is 42.3. The van der Waals surface area contributed by atoms with Gasteiger partial charge in [-0.2, -0.15) is 0 Å². The molecule has 0 aliphatic carbocycles. The van der Waals surface area contributed by atoms with E-state index < -0.39 is 26.5 Å². The van der Waals surface area contributed by atoms with E-state index in [1.165, 1.54) is 18.2 Å². The Morgan fingerprint density at radius 3 is 2.24 bits per heavy atom. The molecule has 2 aromatic rings. The summed E-state index contributed by atoms with van der Waals surface area (Å²) >= 11 is 12.0. The molecule has 0 bridgehead atoms. The van der Waals surface area contributed by atoms with Crippen LogP contribution in [-0.4, -0.2) is 27.2 Å². The van der Waals surface area contributed by atoms with Gasteiger partial charge in [-0.3, -0.25) is 0 Å². The molecule has 1 aliphatic rings. The van der Waals surface area contributed by atoms with Crippen molar-refractivity contribution in [1.29, 1.82) is 0 Å². The second-order valence-corrected chi connectivity index (χ2v) is 8.36. The van der Waals surface area contributed by atoms with Crippen LogP contribution in [0.15, 0.2) is 41.3 Å². The van der Waals surface area contributed by atoms with Gasteiger partial charge in [0.25, 0.3) is 0 Å². The Labute approximate surface area is 153 Å². The fourth-order valence-electron chi connectivity index (χ4n) is 2.61. The lowest BCUT2D eigenvalue weighted by Crippen LogP contribution is -2.02. The summed E-state index contributed by atoms with van der Waals surface area (Å²) in [5, 5.41) is 0.681. The van der Waals surface area contributed by atoms with E-state index >= 15 is 0 Å². The number of hydrogen-bond acceptors (Lipinski definition) is 4. The number of carbonyl (C=O) groups excluding carboxylic acids is 1. The van der Waals surface area contributed by atoms with Gasteiger partial charge in [-0.15, -0.1) is 0 Å². The lowest BCUT2D eigenvalue weighted by atomic mass is 9.96. The smallest absolute Gasteiger partial charge is 0.339 e. The second-order valence-electron chi connectivity index (χ2n) is 5.51. The summed E-state index contributed by atoms with van der Waals surface area (Å²) in [6, 6.07) is 8.29. The van der Waals surface area contributed by atoms with E-state index in [1.807, 2.05) is 0 Å². The molecule has 0 saturated carbocycles. The van der Waals surface area contributed by atoms with E-state index in [0.717, 1.165) is 12.3 Å². The minimum absolute atomic E-state index is 0.0596. The van der Waals surface area contributed by atoms with Crippen molar-refractivity contribution in [2.45, 2.75) is 4.90 Å². The fraction of sp³-hybridized carbons (Fsp3) is 0.118. The molecule has 8 heteroatoms. The highest BCUT2D eigenvalue weighted by Gasteiger charge is 2.28. The van der Waals surface area contributed by atoms with Gasteiger partial charge in [0.2, 0.25) is 0 Å². The second kappa shape index (κ2) is 6.44. The maximum atomic E-state index is 14.2. The first kappa shape index (κ1) is 17.9. The van der Waals surface area contributed by atoms with Gasteiger partial charge in [0.05, 0.1) is 5.57 Å². The molecule has 0 unspecified atom stereocenters. The SMILES string of the molecule is CS(=O)(=O)c1ccc(C2=C(c3cc(Cl)cc(Cl)c3)C(=O)OC2)cc1F. The van der Waals surface area contributed by atoms with Crippen molar-refractivity contribution >= 4 is 50.2 Å². The number of esters is 1. The number of cyclic esters (lactones) is 1. The van der Waals surface area contributed by atoms with Gasteiger partial charge in [-0.25, -0.2) is 17.6 Å². The zero-order valence-corrected chi connectivity index (χ0v) is 15.2. The lowest BCUT2D eigenvalue weighted by molar-refractivity contribution is -0.133. The molecule has 1 aliphatic heterocycles.